The predicted molar refractivity (Wildman–Crippen MR) is 68.9 cm³/mol. The van der Waals surface area contributed by atoms with E-state index in [1.165, 1.54) is 0 Å². The fraction of sp³-hybridized carbons (Fsp3) is 0.667. The van der Waals surface area contributed by atoms with Crippen molar-refractivity contribution in [2.45, 2.75) is 39.3 Å². The lowest BCUT2D eigenvalue weighted by Gasteiger charge is -2.15. The Kier molecular flexibility index (Phi) is 4.55. The first-order valence-electron chi connectivity index (χ1n) is 4.38. The molecular formula is C9H18Cl2Si2. The van der Waals surface area contributed by atoms with Gasteiger partial charge in [-0.3, -0.25) is 0 Å². The Morgan fingerprint density at radius 3 is 1.15 bits per heavy atom. The van der Waals surface area contributed by atoms with Crippen LogP contribution in [0.3, 0.4) is 0 Å². The molecule has 0 aliphatic heterocycles. The molecule has 13 heavy (non-hydrogen) atoms. The summed E-state index contributed by atoms with van der Waals surface area (Å²) < 4.78 is 1.69. The van der Waals surface area contributed by atoms with E-state index in [0.717, 1.165) is 9.31 Å². The van der Waals surface area contributed by atoms with Crippen LogP contribution < -0.4 is 0 Å². The highest BCUT2D eigenvalue weighted by atomic mass is 35.5. The van der Waals surface area contributed by atoms with Gasteiger partial charge in [0.2, 0.25) is 0 Å². The van der Waals surface area contributed by atoms with E-state index in [1.807, 2.05) is 0 Å². The van der Waals surface area contributed by atoms with E-state index in [-0.39, 0.29) is 0 Å². The van der Waals surface area contributed by atoms with Crippen LogP contribution >= 0.6 is 23.2 Å². The molecule has 0 bridgehead atoms. The third-order valence-corrected chi connectivity index (χ3v) is 8.01. The molecule has 0 nitrogen and oxygen atoms in total. The summed E-state index contributed by atoms with van der Waals surface area (Å²) in [4.78, 5) is 0. The van der Waals surface area contributed by atoms with Crippen LogP contribution in [0.1, 0.15) is 0 Å². The second-order valence-electron chi connectivity index (χ2n) is 5.25. The molecule has 0 heterocycles. The van der Waals surface area contributed by atoms with E-state index < -0.39 is 16.1 Å². The van der Waals surface area contributed by atoms with E-state index in [0.29, 0.717) is 0 Å². The second-order valence-corrected chi connectivity index (χ2v) is 16.6. The maximum atomic E-state index is 6.14. The Morgan fingerprint density at radius 2 is 1.00 bits per heavy atom. The van der Waals surface area contributed by atoms with Crippen LogP contribution in [0.2, 0.25) is 39.3 Å². The Morgan fingerprint density at radius 1 is 0.769 bits per heavy atom. The lowest BCUT2D eigenvalue weighted by atomic mass is 11.0. The molecule has 4 heteroatoms. The monoisotopic (exact) mass is 252 g/mol. The summed E-state index contributed by atoms with van der Waals surface area (Å²) >= 11 is 12.3. The lowest BCUT2D eigenvalue weighted by molar-refractivity contribution is 1.71. The quantitative estimate of drug-likeness (QED) is 0.499. The minimum Gasteiger partial charge on any atom is -0.0990 e. The third kappa shape index (κ3) is 5.09. The van der Waals surface area contributed by atoms with Gasteiger partial charge in [-0.25, -0.2) is 0 Å². The summed E-state index contributed by atoms with van der Waals surface area (Å²) in [6.45, 7) is 13.1. The highest BCUT2D eigenvalue weighted by Gasteiger charge is 2.21. The molecule has 0 atom stereocenters. The molecule has 0 aromatic rings. The Labute approximate surface area is 93.6 Å². The summed E-state index contributed by atoms with van der Waals surface area (Å²) in [5.41, 5.74) is 3.15. The van der Waals surface area contributed by atoms with Gasteiger partial charge in [0.1, 0.15) is 16.1 Å². The SMILES string of the molecule is C[Si](C)(C)C(Cl)=C=C(Cl)[Si](C)(C)C. The van der Waals surface area contributed by atoms with Gasteiger partial charge >= 0.3 is 0 Å². The van der Waals surface area contributed by atoms with Gasteiger partial charge in [-0.05, 0) is 0 Å². The Hall–Kier alpha value is 0.534. The van der Waals surface area contributed by atoms with Crippen molar-refractivity contribution in [3.05, 3.63) is 15.0 Å². The summed E-state index contributed by atoms with van der Waals surface area (Å²) in [6, 6.07) is 0. The first kappa shape index (κ1) is 13.5. The molecule has 0 aromatic heterocycles. The lowest BCUT2D eigenvalue weighted by Crippen LogP contribution is -2.23. The molecule has 0 rings (SSSR count). The van der Waals surface area contributed by atoms with E-state index in [1.54, 1.807) is 0 Å². The van der Waals surface area contributed by atoms with E-state index >= 15 is 0 Å². The van der Waals surface area contributed by atoms with Crippen LogP contribution in [0.15, 0.2) is 15.0 Å². The van der Waals surface area contributed by atoms with E-state index in [9.17, 15) is 0 Å². The first-order valence-corrected chi connectivity index (χ1v) is 12.1. The van der Waals surface area contributed by atoms with Crippen LogP contribution in [0.4, 0.5) is 0 Å². The van der Waals surface area contributed by atoms with Crippen molar-refractivity contribution >= 4 is 39.3 Å². The third-order valence-electron chi connectivity index (χ3n) is 1.54. The average Bonchev–Trinajstić information content (AvgIpc) is 1.82. The second kappa shape index (κ2) is 4.37. The first-order chi connectivity index (χ1) is 5.55. The molecule has 0 aliphatic rings. The standard InChI is InChI=1S/C9H18Cl2Si2/c1-12(2,3)8(10)7-9(11)13(4,5)6/h1-6H3. The smallest absolute Gasteiger partial charge is 0.0990 e. The minimum absolute atomic E-state index is 0.847. The van der Waals surface area contributed by atoms with Gasteiger partial charge in [-0.2, -0.15) is 0 Å². The summed E-state index contributed by atoms with van der Waals surface area (Å²) in [6.07, 6.45) is 0. The van der Waals surface area contributed by atoms with E-state index in [4.69, 9.17) is 23.2 Å². The normalized spacial score (nSPS) is 12.3. The van der Waals surface area contributed by atoms with Gasteiger partial charge in [-0.15, -0.1) is 0 Å². The zero-order valence-corrected chi connectivity index (χ0v) is 12.8. The molecule has 0 aromatic carbocycles. The molecule has 0 saturated heterocycles. The van der Waals surface area contributed by atoms with Crippen molar-refractivity contribution in [2.24, 2.45) is 0 Å². The molecule has 76 valence electrons. The number of halogens is 2. The molecule has 0 aliphatic carbocycles. The highest BCUT2D eigenvalue weighted by molar-refractivity contribution is 6.93. The number of rotatable bonds is 2. The van der Waals surface area contributed by atoms with Gasteiger partial charge in [-0.1, -0.05) is 68.2 Å². The number of hydrogen-bond acceptors (Lipinski definition) is 0. The molecule has 0 fully saturated rings. The Balaban J connectivity index is 5.13. The fourth-order valence-corrected chi connectivity index (χ4v) is 1.99. The maximum Gasteiger partial charge on any atom is 0.102 e. The van der Waals surface area contributed by atoms with Gasteiger partial charge in [0.25, 0.3) is 0 Å². The minimum atomic E-state index is -1.41. The van der Waals surface area contributed by atoms with Crippen LogP contribution in [0.25, 0.3) is 0 Å². The van der Waals surface area contributed by atoms with Crippen molar-refractivity contribution in [3.63, 3.8) is 0 Å². The maximum absolute atomic E-state index is 6.14. The van der Waals surface area contributed by atoms with Crippen molar-refractivity contribution in [3.8, 4) is 0 Å². The number of hydrogen-bond donors (Lipinski definition) is 0. The molecular weight excluding hydrogens is 235 g/mol. The molecule has 0 N–H and O–H groups in total. The van der Waals surface area contributed by atoms with Crippen LogP contribution in [0, 0.1) is 0 Å². The van der Waals surface area contributed by atoms with Crippen LogP contribution in [-0.2, 0) is 0 Å². The molecule has 0 spiro atoms. The summed E-state index contributed by atoms with van der Waals surface area (Å²) in [5.74, 6) is 0. The fourth-order valence-electron chi connectivity index (χ4n) is 0.471. The van der Waals surface area contributed by atoms with Gasteiger partial charge in [0, 0.05) is 9.31 Å². The van der Waals surface area contributed by atoms with E-state index in [2.05, 4.69) is 45.0 Å². The van der Waals surface area contributed by atoms with Crippen molar-refractivity contribution in [2.75, 3.05) is 0 Å². The summed E-state index contributed by atoms with van der Waals surface area (Å²) in [7, 11) is -2.83. The Bertz CT molecular complexity index is 226. The molecule has 0 saturated carbocycles. The van der Waals surface area contributed by atoms with Crippen LogP contribution in [-0.4, -0.2) is 16.1 Å². The molecule has 0 unspecified atom stereocenters. The van der Waals surface area contributed by atoms with Gasteiger partial charge in [0.15, 0.2) is 0 Å². The molecule has 0 amide bonds. The zero-order valence-electron chi connectivity index (χ0n) is 9.26. The van der Waals surface area contributed by atoms with Gasteiger partial charge < -0.3 is 0 Å². The van der Waals surface area contributed by atoms with Crippen molar-refractivity contribution in [1.82, 2.24) is 0 Å². The zero-order chi connectivity index (χ0) is 10.9. The van der Waals surface area contributed by atoms with Gasteiger partial charge in [0.05, 0.1) is 0 Å². The van der Waals surface area contributed by atoms with Crippen LogP contribution in [0.5, 0.6) is 0 Å². The summed E-state index contributed by atoms with van der Waals surface area (Å²) in [5, 5.41) is 0. The topological polar surface area (TPSA) is 0 Å². The predicted octanol–water partition coefficient (Wildman–Crippen LogP) is 4.59. The van der Waals surface area contributed by atoms with Crippen molar-refractivity contribution in [1.29, 1.82) is 0 Å². The van der Waals surface area contributed by atoms with Crippen molar-refractivity contribution < 1.29 is 0 Å². The largest absolute Gasteiger partial charge is 0.102 e. The average molecular weight is 253 g/mol. The molecule has 0 radical (unpaired) electrons. The highest BCUT2D eigenvalue weighted by Crippen LogP contribution is 2.22.